The first kappa shape index (κ1) is 40.1. The van der Waals surface area contributed by atoms with Crippen molar-refractivity contribution in [1.82, 2.24) is 10.6 Å². The predicted octanol–water partition coefficient (Wildman–Crippen LogP) is 4.06. The molecule has 1 spiro atoms. The number of alkyl carbamates (subject to hydrolysis) is 1. The number of ketones is 1. The maximum absolute atomic E-state index is 12.6. The fourth-order valence-electron chi connectivity index (χ4n) is 5.82. The van der Waals surface area contributed by atoms with Crippen LogP contribution >= 0.6 is 21.6 Å². The van der Waals surface area contributed by atoms with Crippen molar-refractivity contribution in [2.24, 2.45) is 5.92 Å². The number of ether oxygens (including phenoxy) is 5. The summed E-state index contributed by atoms with van der Waals surface area (Å²) in [6, 6.07) is -0.147. The molecule has 0 radical (unpaired) electrons. The van der Waals surface area contributed by atoms with Crippen molar-refractivity contribution in [1.29, 1.82) is 0 Å². The maximum atomic E-state index is 12.6. The van der Waals surface area contributed by atoms with Gasteiger partial charge in [0.1, 0.15) is 30.5 Å². The topological polar surface area (TPSA) is 162 Å². The molecule has 0 aromatic carbocycles. The average Bonchev–Trinajstić information content (AvgIpc) is 3.79. The quantitative estimate of drug-likeness (QED) is 0.0693. The number of Topliss-reactive ketones (excluding diaryl/α,β-unsaturated/α-hetero) is 1. The van der Waals surface area contributed by atoms with Gasteiger partial charge in [-0.2, -0.15) is 0 Å². The van der Waals surface area contributed by atoms with Gasteiger partial charge in [0.15, 0.2) is 5.78 Å². The number of rotatable bonds is 16. The summed E-state index contributed by atoms with van der Waals surface area (Å²) in [6.07, 6.45) is 9.23. The van der Waals surface area contributed by atoms with Crippen molar-refractivity contribution >= 4 is 45.3 Å². The van der Waals surface area contributed by atoms with Crippen LogP contribution in [0.25, 0.3) is 0 Å². The van der Waals surface area contributed by atoms with Gasteiger partial charge in [0.05, 0.1) is 37.5 Å². The normalized spacial score (nSPS) is 31.8. The SMILES string of the molecule is CSS[C@H](C)COC(=O)NCC(=O)C[C@@H]1C[C@@]2(CO2)[C@H](O)[C@@H](/C=C/C(C)=C/C[C@@H]2O[C@H](C)[C@H](NC(=O)/C=C\[C@H](C)OC(C)=O)C[C@@H]2C)O1. The molecule has 14 heteroatoms. The molecule has 3 saturated heterocycles. The summed E-state index contributed by atoms with van der Waals surface area (Å²) in [5.41, 5.74) is 0.241. The minimum atomic E-state index is -0.864. The van der Waals surface area contributed by atoms with Crippen LogP contribution in [0.2, 0.25) is 0 Å². The summed E-state index contributed by atoms with van der Waals surface area (Å²) in [5, 5.41) is 16.6. The first-order valence-corrected chi connectivity index (χ1v) is 19.1. The Morgan fingerprint density at radius 3 is 2.52 bits per heavy atom. The van der Waals surface area contributed by atoms with Gasteiger partial charge in [0.25, 0.3) is 0 Å². The van der Waals surface area contributed by atoms with Crippen LogP contribution in [0.5, 0.6) is 0 Å². The smallest absolute Gasteiger partial charge is 0.407 e. The van der Waals surface area contributed by atoms with Gasteiger partial charge >= 0.3 is 12.1 Å². The largest absolute Gasteiger partial charge is 0.459 e. The second-order valence-corrected chi connectivity index (χ2v) is 15.8. The molecule has 3 heterocycles. The highest BCUT2D eigenvalue weighted by Gasteiger charge is 2.58. The Hall–Kier alpha value is -2.36. The van der Waals surface area contributed by atoms with Gasteiger partial charge in [-0.1, -0.05) is 52.3 Å². The number of aliphatic hydroxyl groups is 1. The Morgan fingerprint density at radius 2 is 1.85 bits per heavy atom. The zero-order valence-electron chi connectivity index (χ0n) is 29.0. The van der Waals surface area contributed by atoms with Crippen molar-refractivity contribution in [3.05, 3.63) is 36.0 Å². The Kier molecular flexibility index (Phi) is 16.0. The van der Waals surface area contributed by atoms with Gasteiger partial charge in [0.2, 0.25) is 5.91 Å². The number of aliphatic hydroxyl groups excluding tert-OH is 1. The van der Waals surface area contributed by atoms with Crippen molar-refractivity contribution in [2.45, 2.75) is 121 Å². The summed E-state index contributed by atoms with van der Waals surface area (Å²) < 4.78 is 28.2. The second kappa shape index (κ2) is 19.1. The standard InChI is InChI=1S/C34H52N2O10S2/c1-20(8-11-29-21(2)14-28(24(5)45-29)36-31(39)13-10-22(3)44-25(6)37)9-12-30-32(40)34(19-43-34)16-27(46-30)15-26(38)17-35-33(41)42-18-23(4)48-47-7/h8-10,12-13,21-24,27-30,32,40H,11,14-19H2,1-7H3,(H,35,41)(H,36,39)/b12-9+,13-10-,20-8+/t21-,22-,23+,24+,27+,28+,29-,30+,32+,34+/m0/s1. The highest BCUT2D eigenvalue weighted by molar-refractivity contribution is 8.76. The van der Waals surface area contributed by atoms with Crippen LogP contribution in [0.3, 0.4) is 0 Å². The van der Waals surface area contributed by atoms with Crippen molar-refractivity contribution in [3.63, 3.8) is 0 Å². The number of carbonyl (C=O) groups is 4. The predicted molar refractivity (Wildman–Crippen MR) is 185 cm³/mol. The third-order valence-corrected chi connectivity index (χ3v) is 10.7. The molecule has 0 aliphatic carbocycles. The first-order valence-electron chi connectivity index (χ1n) is 16.5. The Labute approximate surface area is 291 Å². The number of carbonyl (C=O) groups excluding carboxylic acids is 4. The third kappa shape index (κ3) is 13.2. The van der Waals surface area contributed by atoms with E-state index >= 15 is 0 Å². The Balaban J connectivity index is 1.46. The summed E-state index contributed by atoms with van der Waals surface area (Å²) in [4.78, 5) is 48.1. The second-order valence-electron chi connectivity index (χ2n) is 12.9. The van der Waals surface area contributed by atoms with Gasteiger partial charge in [0, 0.05) is 31.1 Å². The summed E-state index contributed by atoms with van der Waals surface area (Å²) in [7, 11) is 3.20. The van der Waals surface area contributed by atoms with E-state index in [2.05, 4.69) is 23.6 Å². The zero-order valence-corrected chi connectivity index (χ0v) is 30.6. The summed E-state index contributed by atoms with van der Waals surface area (Å²) in [5.74, 6) is -0.674. The van der Waals surface area contributed by atoms with Crippen LogP contribution in [0.1, 0.15) is 67.2 Å². The molecule has 0 bridgehead atoms. The molecule has 0 aromatic rings. The van der Waals surface area contributed by atoms with Gasteiger partial charge in [-0.25, -0.2) is 4.79 Å². The molecule has 0 unspecified atom stereocenters. The van der Waals surface area contributed by atoms with E-state index in [0.717, 1.165) is 12.0 Å². The van der Waals surface area contributed by atoms with Gasteiger partial charge in [-0.15, -0.1) is 0 Å². The first-order chi connectivity index (χ1) is 22.7. The highest BCUT2D eigenvalue weighted by atomic mass is 33.1. The van der Waals surface area contributed by atoms with Crippen LogP contribution in [-0.4, -0.2) is 108 Å². The van der Waals surface area contributed by atoms with Crippen LogP contribution in [-0.2, 0) is 38.1 Å². The lowest BCUT2D eigenvalue weighted by Gasteiger charge is -2.39. The van der Waals surface area contributed by atoms with E-state index in [0.29, 0.717) is 19.4 Å². The Bertz CT molecular complexity index is 1210. The van der Waals surface area contributed by atoms with E-state index in [1.165, 1.54) is 13.0 Å². The lowest BCUT2D eigenvalue weighted by atomic mass is 9.87. The number of amides is 2. The van der Waals surface area contributed by atoms with Crippen molar-refractivity contribution in [2.75, 3.05) is 26.0 Å². The minimum Gasteiger partial charge on any atom is -0.459 e. The van der Waals surface area contributed by atoms with E-state index in [4.69, 9.17) is 23.7 Å². The lowest BCUT2D eigenvalue weighted by Crippen LogP contribution is -2.50. The van der Waals surface area contributed by atoms with E-state index in [-0.39, 0.29) is 60.7 Å². The monoisotopic (exact) mass is 712 g/mol. The van der Waals surface area contributed by atoms with Crippen LogP contribution < -0.4 is 10.6 Å². The molecule has 10 atom stereocenters. The number of esters is 1. The van der Waals surface area contributed by atoms with Gasteiger partial charge < -0.3 is 39.4 Å². The molecule has 3 aliphatic heterocycles. The van der Waals surface area contributed by atoms with E-state index in [1.54, 1.807) is 40.7 Å². The summed E-state index contributed by atoms with van der Waals surface area (Å²) in [6.45, 7) is 11.5. The molecule has 3 aliphatic rings. The fraction of sp³-hybridized carbons (Fsp3) is 0.706. The molecular weight excluding hydrogens is 661 g/mol. The van der Waals surface area contributed by atoms with Crippen molar-refractivity contribution < 1.29 is 48.0 Å². The number of epoxide rings is 1. The van der Waals surface area contributed by atoms with Crippen LogP contribution in [0.4, 0.5) is 4.79 Å². The maximum Gasteiger partial charge on any atom is 0.407 e. The van der Waals surface area contributed by atoms with E-state index in [9.17, 15) is 24.3 Å². The summed E-state index contributed by atoms with van der Waals surface area (Å²) >= 11 is 0. The zero-order chi connectivity index (χ0) is 35.4. The third-order valence-electron chi connectivity index (χ3n) is 8.52. The molecule has 3 N–H and O–H groups in total. The minimum absolute atomic E-state index is 0.0328. The van der Waals surface area contributed by atoms with Gasteiger partial charge in [-0.05, 0) is 58.8 Å². The molecule has 0 aromatic heterocycles. The molecule has 48 heavy (non-hydrogen) atoms. The number of hydrogen-bond acceptors (Lipinski definition) is 12. The number of nitrogens with one attached hydrogen (secondary N) is 2. The molecule has 3 rings (SSSR count). The van der Waals surface area contributed by atoms with Gasteiger partial charge in [-0.3, -0.25) is 14.4 Å². The molecular formula is C34H52N2O10S2. The van der Waals surface area contributed by atoms with E-state index in [1.807, 2.05) is 33.1 Å². The number of allylic oxidation sites excluding steroid dienone is 2. The average molecular weight is 713 g/mol. The van der Waals surface area contributed by atoms with Crippen LogP contribution in [0.15, 0.2) is 36.0 Å². The molecule has 2 amide bonds. The molecule has 0 saturated carbocycles. The highest BCUT2D eigenvalue weighted by Crippen LogP contribution is 2.43. The number of hydrogen-bond donors (Lipinski definition) is 3. The fourth-order valence-corrected chi connectivity index (χ4v) is 7.42. The lowest BCUT2D eigenvalue weighted by molar-refractivity contribution is -0.144. The molecule has 12 nitrogen and oxygen atoms in total. The molecule has 270 valence electrons. The van der Waals surface area contributed by atoms with E-state index < -0.39 is 42.1 Å². The Morgan fingerprint density at radius 1 is 1.12 bits per heavy atom. The van der Waals surface area contributed by atoms with Crippen LogP contribution in [0, 0.1) is 5.92 Å². The molecule has 3 fully saturated rings. The van der Waals surface area contributed by atoms with Crippen molar-refractivity contribution in [3.8, 4) is 0 Å².